The summed E-state index contributed by atoms with van der Waals surface area (Å²) in [6.45, 7) is 10.5. The van der Waals surface area contributed by atoms with Crippen LogP contribution in [-0.4, -0.2) is 18.3 Å². The number of amides is 1. The van der Waals surface area contributed by atoms with Gasteiger partial charge >= 0.3 is 6.09 Å². The fraction of sp³-hybridized carbons (Fsp3) is 0.471. The molecule has 0 fully saturated rings. The van der Waals surface area contributed by atoms with Crippen LogP contribution in [0.25, 0.3) is 0 Å². The van der Waals surface area contributed by atoms with Crippen molar-refractivity contribution in [3.8, 4) is 0 Å². The number of hydrogen-bond donors (Lipinski definition) is 1. The second kappa shape index (κ2) is 8.47. The van der Waals surface area contributed by atoms with Crippen molar-refractivity contribution in [2.75, 3.05) is 11.9 Å². The van der Waals surface area contributed by atoms with Gasteiger partial charge in [-0.25, -0.2) is 4.79 Å². The maximum absolute atomic E-state index is 11.6. The van der Waals surface area contributed by atoms with E-state index in [0.29, 0.717) is 12.3 Å². The third-order valence-electron chi connectivity index (χ3n) is 2.56. The predicted molar refractivity (Wildman–Crippen MR) is 85.4 cm³/mol. The van der Waals surface area contributed by atoms with Crippen molar-refractivity contribution in [1.29, 1.82) is 0 Å². The van der Waals surface area contributed by atoms with Crippen LogP contribution >= 0.6 is 0 Å². The molecule has 1 aromatic rings. The normalized spacial score (nSPS) is 11.0. The average molecular weight is 291 g/mol. The van der Waals surface area contributed by atoms with E-state index in [1.165, 1.54) is 0 Å². The number of hydrogen-bond acceptors (Lipinski definition) is 3. The van der Waals surface area contributed by atoms with Gasteiger partial charge in [0.15, 0.2) is 0 Å². The summed E-state index contributed by atoms with van der Waals surface area (Å²) < 4.78 is 10.7. The van der Waals surface area contributed by atoms with Crippen LogP contribution < -0.4 is 5.32 Å². The van der Waals surface area contributed by atoms with Crippen LogP contribution in [0.4, 0.5) is 10.5 Å². The van der Waals surface area contributed by atoms with Crippen molar-refractivity contribution in [1.82, 2.24) is 0 Å². The van der Waals surface area contributed by atoms with Gasteiger partial charge in [-0.1, -0.05) is 18.2 Å². The first kappa shape index (κ1) is 17.2. The van der Waals surface area contributed by atoms with Crippen molar-refractivity contribution in [2.45, 2.75) is 45.8 Å². The minimum absolute atomic E-state index is 0.448. The van der Waals surface area contributed by atoms with E-state index in [2.05, 4.69) is 11.9 Å². The van der Waals surface area contributed by atoms with Gasteiger partial charge in [0.1, 0.15) is 5.60 Å². The van der Waals surface area contributed by atoms with E-state index in [0.717, 1.165) is 25.0 Å². The highest BCUT2D eigenvalue weighted by molar-refractivity contribution is 5.84. The van der Waals surface area contributed by atoms with Gasteiger partial charge in [0, 0.05) is 12.3 Å². The molecule has 1 N–H and O–H groups in total. The molecule has 0 unspecified atom stereocenters. The molecule has 0 saturated carbocycles. The molecule has 0 aliphatic heterocycles. The summed E-state index contributed by atoms with van der Waals surface area (Å²) >= 11 is 0. The molecule has 0 atom stereocenters. The Morgan fingerprint density at radius 3 is 2.52 bits per heavy atom. The Morgan fingerprint density at radius 1 is 1.29 bits per heavy atom. The van der Waals surface area contributed by atoms with Crippen LogP contribution in [0.1, 0.15) is 39.2 Å². The second-order valence-electron chi connectivity index (χ2n) is 5.81. The van der Waals surface area contributed by atoms with Gasteiger partial charge in [0.25, 0.3) is 0 Å². The number of benzene rings is 1. The molecule has 0 saturated heterocycles. The topological polar surface area (TPSA) is 47.6 Å². The molecule has 21 heavy (non-hydrogen) atoms. The molecule has 0 bridgehead atoms. The van der Waals surface area contributed by atoms with Gasteiger partial charge in [-0.15, -0.1) is 6.58 Å². The molecular weight excluding hydrogens is 266 g/mol. The molecule has 0 aliphatic rings. The lowest BCUT2D eigenvalue weighted by Crippen LogP contribution is -2.27. The molecule has 0 aromatic heterocycles. The van der Waals surface area contributed by atoms with Gasteiger partial charge in [-0.2, -0.15) is 0 Å². The predicted octanol–water partition coefficient (Wildman–Crippen LogP) is 4.52. The number of nitrogens with one attached hydrogen (secondary N) is 1. The summed E-state index contributed by atoms with van der Waals surface area (Å²) in [5, 5.41) is 2.70. The highest BCUT2D eigenvalue weighted by Crippen LogP contribution is 2.13. The number of unbranched alkanes of at least 4 members (excludes halogenated alkanes) is 1. The number of anilines is 1. The summed E-state index contributed by atoms with van der Waals surface area (Å²) in [5.41, 5.74) is 1.28. The lowest BCUT2D eigenvalue weighted by molar-refractivity contribution is 0.0636. The monoisotopic (exact) mass is 291 g/mol. The zero-order chi connectivity index (χ0) is 15.7. The summed E-state index contributed by atoms with van der Waals surface area (Å²) in [4.78, 5) is 11.6. The zero-order valence-corrected chi connectivity index (χ0v) is 13.1. The largest absolute Gasteiger partial charge is 0.444 e. The molecule has 0 heterocycles. The van der Waals surface area contributed by atoms with Crippen molar-refractivity contribution in [3.63, 3.8) is 0 Å². The van der Waals surface area contributed by atoms with Crippen LogP contribution in [-0.2, 0) is 16.1 Å². The molecule has 4 nitrogen and oxygen atoms in total. The maximum Gasteiger partial charge on any atom is 0.412 e. The van der Waals surface area contributed by atoms with Crippen molar-refractivity contribution >= 4 is 11.8 Å². The van der Waals surface area contributed by atoms with E-state index >= 15 is 0 Å². The Bertz CT molecular complexity index is 446. The van der Waals surface area contributed by atoms with Gasteiger partial charge in [0.2, 0.25) is 0 Å². The summed E-state index contributed by atoms with van der Waals surface area (Å²) in [7, 11) is 0. The van der Waals surface area contributed by atoms with Gasteiger partial charge in [0.05, 0.1) is 6.61 Å². The fourth-order valence-electron chi connectivity index (χ4n) is 1.63. The minimum atomic E-state index is -0.497. The first-order chi connectivity index (χ1) is 9.90. The third-order valence-corrected chi connectivity index (χ3v) is 2.56. The summed E-state index contributed by atoms with van der Waals surface area (Å²) in [6.07, 6.45) is 3.40. The number of ether oxygens (including phenoxy) is 2. The molecule has 1 amide bonds. The van der Waals surface area contributed by atoms with Crippen molar-refractivity contribution < 1.29 is 14.3 Å². The van der Waals surface area contributed by atoms with Crippen molar-refractivity contribution in [3.05, 3.63) is 42.5 Å². The van der Waals surface area contributed by atoms with E-state index in [9.17, 15) is 4.79 Å². The van der Waals surface area contributed by atoms with Crippen LogP contribution in [0.2, 0.25) is 0 Å². The molecule has 1 aromatic carbocycles. The number of carbonyl (C=O) groups excluding carboxylic acids is 1. The number of rotatable bonds is 7. The van der Waals surface area contributed by atoms with Crippen molar-refractivity contribution in [2.24, 2.45) is 0 Å². The Morgan fingerprint density at radius 2 is 1.95 bits per heavy atom. The second-order valence-corrected chi connectivity index (χ2v) is 5.81. The smallest absolute Gasteiger partial charge is 0.412 e. The average Bonchev–Trinajstić information content (AvgIpc) is 2.38. The standard InChI is InChI=1S/C17H25NO3/c1-5-6-7-12-20-13-14-8-10-15(11-9-14)18-16(19)21-17(2,3)4/h5,8-11H,1,6-7,12-13H2,2-4H3,(H,18,19). The molecule has 1 rings (SSSR count). The number of allylic oxidation sites excluding steroid dienone is 1. The van der Waals surface area contributed by atoms with Crippen LogP contribution in [0.15, 0.2) is 36.9 Å². The molecular formula is C17H25NO3. The molecule has 0 radical (unpaired) electrons. The fourth-order valence-corrected chi connectivity index (χ4v) is 1.63. The van der Waals surface area contributed by atoms with E-state index in [1.54, 1.807) is 0 Å². The van der Waals surface area contributed by atoms with Gasteiger partial charge < -0.3 is 9.47 Å². The van der Waals surface area contributed by atoms with Gasteiger partial charge in [-0.05, 0) is 51.3 Å². The molecule has 116 valence electrons. The third kappa shape index (κ3) is 8.15. The SMILES string of the molecule is C=CCCCOCc1ccc(NC(=O)OC(C)(C)C)cc1. The quantitative estimate of drug-likeness (QED) is 0.593. The molecule has 0 spiro atoms. The highest BCUT2D eigenvalue weighted by atomic mass is 16.6. The Labute approximate surface area is 127 Å². The van der Waals surface area contributed by atoms with Crippen LogP contribution in [0.3, 0.4) is 0 Å². The van der Waals surface area contributed by atoms with E-state index in [4.69, 9.17) is 9.47 Å². The first-order valence-electron chi connectivity index (χ1n) is 7.18. The van der Waals surface area contributed by atoms with Gasteiger partial charge in [-0.3, -0.25) is 5.32 Å². The first-order valence-corrected chi connectivity index (χ1v) is 7.18. The Kier molecular flexibility index (Phi) is 6.96. The summed E-state index contributed by atoms with van der Waals surface area (Å²) in [5.74, 6) is 0. The zero-order valence-electron chi connectivity index (χ0n) is 13.1. The molecule has 4 heteroatoms. The number of carbonyl (C=O) groups is 1. The highest BCUT2D eigenvalue weighted by Gasteiger charge is 2.15. The summed E-state index contributed by atoms with van der Waals surface area (Å²) in [6, 6.07) is 7.54. The molecule has 0 aliphatic carbocycles. The van der Waals surface area contributed by atoms with Crippen LogP contribution in [0, 0.1) is 0 Å². The van der Waals surface area contributed by atoms with E-state index in [1.807, 2.05) is 51.1 Å². The van der Waals surface area contributed by atoms with Crippen LogP contribution in [0.5, 0.6) is 0 Å². The Balaban J connectivity index is 2.36. The lowest BCUT2D eigenvalue weighted by atomic mass is 10.2. The Hall–Kier alpha value is -1.81. The van der Waals surface area contributed by atoms with E-state index in [-0.39, 0.29) is 0 Å². The lowest BCUT2D eigenvalue weighted by Gasteiger charge is -2.19. The maximum atomic E-state index is 11.6. The van der Waals surface area contributed by atoms with E-state index < -0.39 is 11.7 Å². The minimum Gasteiger partial charge on any atom is -0.444 e.